The monoisotopic (exact) mass is 277 g/mol. The molecule has 0 bridgehead atoms. The zero-order valence-electron chi connectivity index (χ0n) is 11.0. The van der Waals surface area contributed by atoms with Crippen molar-refractivity contribution in [2.45, 2.75) is 38.1 Å². The molecular formula is C11H23NO3SSi. The fourth-order valence-electron chi connectivity index (χ4n) is 1.65. The van der Waals surface area contributed by atoms with Crippen LogP contribution in [0.4, 0.5) is 0 Å². The summed E-state index contributed by atoms with van der Waals surface area (Å²) >= 11 is 1.34. The molecule has 6 heteroatoms. The van der Waals surface area contributed by atoms with E-state index in [-0.39, 0.29) is 0 Å². The molecule has 100 valence electrons. The van der Waals surface area contributed by atoms with Gasteiger partial charge >= 0.3 is 8.80 Å². The Morgan fingerprint density at radius 3 is 2.00 bits per heavy atom. The van der Waals surface area contributed by atoms with Crippen molar-refractivity contribution in [3.8, 4) is 5.40 Å². The van der Waals surface area contributed by atoms with Crippen LogP contribution >= 0.6 is 11.8 Å². The molecule has 0 saturated carbocycles. The summed E-state index contributed by atoms with van der Waals surface area (Å²) in [6, 6.07) is 0.878. The first kappa shape index (κ1) is 16.9. The lowest BCUT2D eigenvalue weighted by Gasteiger charge is -2.24. The summed E-state index contributed by atoms with van der Waals surface area (Å²) < 4.78 is 16.1. The highest BCUT2D eigenvalue weighted by Gasteiger charge is 2.36. The first-order chi connectivity index (χ1) is 8.24. The van der Waals surface area contributed by atoms with Gasteiger partial charge in [0.15, 0.2) is 0 Å². The van der Waals surface area contributed by atoms with Crippen molar-refractivity contribution in [1.82, 2.24) is 0 Å². The molecule has 0 amide bonds. The molecule has 0 aliphatic rings. The van der Waals surface area contributed by atoms with Gasteiger partial charge in [-0.1, -0.05) is 19.3 Å². The van der Waals surface area contributed by atoms with E-state index in [9.17, 15) is 0 Å². The van der Waals surface area contributed by atoms with Crippen molar-refractivity contribution in [2.24, 2.45) is 0 Å². The largest absolute Gasteiger partial charge is 0.500 e. The van der Waals surface area contributed by atoms with Crippen LogP contribution in [0.2, 0.25) is 6.04 Å². The van der Waals surface area contributed by atoms with Gasteiger partial charge in [-0.25, -0.2) is 0 Å². The second-order valence-electron chi connectivity index (χ2n) is 3.75. The van der Waals surface area contributed by atoms with E-state index >= 15 is 0 Å². The minimum absolute atomic E-state index is 0.878. The maximum absolute atomic E-state index is 8.35. The Bertz CT molecular complexity index is 211. The summed E-state index contributed by atoms with van der Waals surface area (Å²) in [5, 5.41) is 10.4. The fraction of sp³-hybridized carbons (Fsp3) is 0.909. The molecule has 0 heterocycles. The maximum Gasteiger partial charge on any atom is 0.500 e. The van der Waals surface area contributed by atoms with Gasteiger partial charge in [0.1, 0.15) is 5.40 Å². The van der Waals surface area contributed by atoms with Crippen LogP contribution in [0.25, 0.3) is 0 Å². The molecule has 0 spiro atoms. The smallest absolute Gasteiger partial charge is 0.377 e. The Balaban J connectivity index is 3.46. The molecule has 0 aromatic carbocycles. The van der Waals surface area contributed by atoms with Gasteiger partial charge in [-0.15, -0.1) is 0 Å². The Labute approximate surface area is 110 Å². The number of nitrogens with zero attached hydrogens (tertiary/aromatic N) is 1. The molecule has 0 aromatic heterocycles. The lowest BCUT2D eigenvalue weighted by molar-refractivity contribution is 0.122. The van der Waals surface area contributed by atoms with Gasteiger partial charge in [0.25, 0.3) is 0 Å². The van der Waals surface area contributed by atoms with Crippen molar-refractivity contribution in [3.63, 3.8) is 0 Å². The molecule has 0 aliphatic carbocycles. The van der Waals surface area contributed by atoms with Gasteiger partial charge in [0, 0.05) is 33.1 Å². The van der Waals surface area contributed by atoms with Crippen LogP contribution in [0.15, 0.2) is 0 Å². The highest BCUT2D eigenvalue weighted by Crippen LogP contribution is 2.18. The normalized spacial score (nSPS) is 11.4. The molecule has 0 rings (SSSR count). The maximum atomic E-state index is 8.35. The predicted molar refractivity (Wildman–Crippen MR) is 72.7 cm³/mol. The molecule has 4 nitrogen and oxygen atoms in total. The van der Waals surface area contributed by atoms with E-state index in [4.69, 9.17) is 18.5 Å². The third-order valence-corrected chi connectivity index (χ3v) is 6.18. The summed E-state index contributed by atoms with van der Waals surface area (Å²) in [6.07, 6.45) is 5.76. The second-order valence-corrected chi connectivity index (χ2v) is 7.72. The topological polar surface area (TPSA) is 51.5 Å². The zero-order valence-corrected chi connectivity index (χ0v) is 12.8. The van der Waals surface area contributed by atoms with E-state index < -0.39 is 8.80 Å². The molecule has 0 atom stereocenters. The summed E-state index contributed by atoms with van der Waals surface area (Å²) in [6.45, 7) is 0. The SMILES string of the molecule is CO[Si](CCCCCCCSC#N)(OC)OC. The number of thiocyanates is 1. The molecule has 17 heavy (non-hydrogen) atoms. The van der Waals surface area contributed by atoms with Crippen molar-refractivity contribution in [1.29, 1.82) is 5.26 Å². The number of hydrogen-bond acceptors (Lipinski definition) is 5. The fourth-order valence-corrected chi connectivity index (χ4v) is 3.88. The summed E-state index contributed by atoms with van der Waals surface area (Å²) in [4.78, 5) is 0. The summed E-state index contributed by atoms with van der Waals surface area (Å²) in [5.41, 5.74) is 0. The number of hydrogen-bond donors (Lipinski definition) is 0. The second kappa shape index (κ2) is 11.1. The van der Waals surface area contributed by atoms with Crippen LogP contribution in [0.5, 0.6) is 0 Å². The Morgan fingerprint density at radius 1 is 0.941 bits per heavy atom. The first-order valence-electron chi connectivity index (χ1n) is 5.91. The van der Waals surface area contributed by atoms with Crippen molar-refractivity contribution >= 4 is 20.6 Å². The first-order valence-corrected chi connectivity index (χ1v) is 8.82. The van der Waals surface area contributed by atoms with Gasteiger partial charge in [-0.3, -0.25) is 0 Å². The van der Waals surface area contributed by atoms with Crippen molar-refractivity contribution < 1.29 is 13.3 Å². The number of unbranched alkanes of at least 4 members (excludes halogenated alkanes) is 4. The lowest BCUT2D eigenvalue weighted by Crippen LogP contribution is -2.42. The van der Waals surface area contributed by atoms with Gasteiger partial charge in [0.05, 0.1) is 0 Å². The molecule has 0 unspecified atom stereocenters. The van der Waals surface area contributed by atoms with Gasteiger partial charge in [-0.05, 0) is 24.6 Å². The number of thioether (sulfide) groups is 1. The molecule has 0 aromatic rings. The van der Waals surface area contributed by atoms with Crippen molar-refractivity contribution in [2.75, 3.05) is 27.1 Å². The Kier molecular flexibility index (Phi) is 11.0. The van der Waals surface area contributed by atoms with Crippen LogP contribution in [0.3, 0.4) is 0 Å². The van der Waals surface area contributed by atoms with E-state index in [2.05, 4.69) is 5.40 Å². The average molecular weight is 277 g/mol. The van der Waals surface area contributed by atoms with E-state index in [1.54, 1.807) is 21.3 Å². The molecule has 0 aliphatic heterocycles. The van der Waals surface area contributed by atoms with Crippen LogP contribution in [-0.4, -0.2) is 35.9 Å². The standard InChI is InChI=1S/C11H23NO3SSi/c1-13-17(14-2,15-3)10-8-6-4-5-7-9-16-11-12/h4-10H2,1-3H3. The summed E-state index contributed by atoms with van der Waals surface area (Å²) in [5.74, 6) is 0.948. The van der Waals surface area contributed by atoms with Crippen LogP contribution < -0.4 is 0 Å². The van der Waals surface area contributed by atoms with E-state index in [1.807, 2.05) is 0 Å². The minimum Gasteiger partial charge on any atom is -0.377 e. The molecule has 0 saturated heterocycles. The van der Waals surface area contributed by atoms with Crippen LogP contribution in [-0.2, 0) is 13.3 Å². The van der Waals surface area contributed by atoms with E-state index in [0.29, 0.717) is 0 Å². The number of rotatable bonds is 11. The molecule has 0 fully saturated rings. The highest BCUT2D eigenvalue weighted by molar-refractivity contribution is 8.03. The van der Waals surface area contributed by atoms with Crippen LogP contribution in [0.1, 0.15) is 32.1 Å². The molecule has 0 N–H and O–H groups in total. The highest BCUT2D eigenvalue weighted by atomic mass is 32.2. The zero-order chi connectivity index (χ0) is 13.0. The minimum atomic E-state index is -2.35. The van der Waals surface area contributed by atoms with E-state index in [1.165, 1.54) is 31.0 Å². The number of nitriles is 1. The molecular weight excluding hydrogens is 254 g/mol. The quantitative estimate of drug-likeness (QED) is 0.330. The van der Waals surface area contributed by atoms with Crippen LogP contribution in [0, 0.1) is 10.7 Å². The lowest BCUT2D eigenvalue weighted by atomic mass is 10.2. The molecule has 0 radical (unpaired) electrons. The van der Waals surface area contributed by atoms with Crippen molar-refractivity contribution in [3.05, 3.63) is 0 Å². The van der Waals surface area contributed by atoms with E-state index in [0.717, 1.165) is 24.6 Å². The third-order valence-electron chi connectivity index (χ3n) is 2.73. The van der Waals surface area contributed by atoms with Gasteiger partial charge in [-0.2, -0.15) is 5.26 Å². The summed E-state index contributed by atoms with van der Waals surface area (Å²) in [7, 11) is 2.61. The Hall–Kier alpha value is -0.0631. The Morgan fingerprint density at radius 2 is 1.47 bits per heavy atom. The van der Waals surface area contributed by atoms with Gasteiger partial charge in [0.2, 0.25) is 0 Å². The van der Waals surface area contributed by atoms with Gasteiger partial charge < -0.3 is 13.3 Å². The average Bonchev–Trinajstić information content (AvgIpc) is 2.38. The third kappa shape index (κ3) is 7.79. The predicted octanol–water partition coefficient (Wildman–Crippen LogP) is 3.03.